The van der Waals surface area contributed by atoms with Gasteiger partial charge in [-0.05, 0) is 30.0 Å². The van der Waals surface area contributed by atoms with Gasteiger partial charge in [0, 0.05) is 16.5 Å². The minimum absolute atomic E-state index is 0.00348. The maximum Gasteiger partial charge on any atom is 0.175 e. The number of Topliss-reactive ketones (excluding diaryl/α,β-unsaturated/α-hetero) is 1. The normalized spacial score (nSPS) is 17.1. The largest absolute Gasteiger partial charge is 0.293 e. The molecule has 1 aliphatic carbocycles. The molecule has 0 saturated heterocycles. The van der Waals surface area contributed by atoms with E-state index in [-0.39, 0.29) is 11.2 Å². The van der Waals surface area contributed by atoms with Gasteiger partial charge in [0.25, 0.3) is 0 Å². The van der Waals surface area contributed by atoms with E-state index in [1.807, 2.05) is 18.2 Å². The van der Waals surface area contributed by atoms with Gasteiger partial charge in [-0.3, -0.25) is 4.79 Å². The van der Waals surface area contributed by atoms with E-state index in [0.29, 0.717) is 11.4 Å². The van der Waals surface area contributed by atoms with Gasteiger partial charge < -0.3 is 0 Å². The molecule has 2 nitrogen and oxygen atoms in total. The number of ketones is 1. The van der Waals surface area contributed by atoms with Crippen LogP contribution in [0.1, 0.15) is 35.6 Å². The highest BCUT2D eigenvalue weighted by Crippen LogP contribution is 2.41. The number of aromatic nitrogens is 1. The Bertz CT molecular complexity index is 708. The van der Waals surface area contributed by atoms with E-state index in [2.05, 4.69) is 34.8 Å². The van der Waals surface area contributed by atoms with E-state index in [9.17, 15) is 4.79 Å². The lowest BCUT2D eigenvalue weighted by atomic mass is 9.78. The number of thiazole rings is 1. The second kappa shape index (κ2) is 4.93. The number of fused-ring (bicyclic) bond motifs is 1. The lowest BCUT2D eigenvalue weighted by molar-refractivity contribution is 0.0916. The summed E-state index contributed by atoms with van der Waals surface area (Å²) >= 11 is 11.1. The van der Waals surface area contributed by atoms with Gasteiger partial charge in [0.05, 0.1) is 15.6 Å². The molecular weight excluding hydrogens is 358 g/mol. The topological polar surface area (TPSA) is 30.0 Å². The van der Waals surface area contributed by atoms with Gasteiger partial charge in [0.15, 0.2) is 5.78 Å². The monoisotopic (exact) mass is 369 g/mol. The van der Waals surface area contributed by atoms with E-state index in [1.54, 1.807) is 0 Å². The lowest BCUT2D eigenvalue weighted by Gasteiger charge is -2.26. The summed E-state index contributed by atoms with van der Waals surface area (Å²) in [6.45, 7) is 4.22. The van der Waals surface area contributed by atoms with Gasteiger partial charge in [-0.2, -0.15) is 0 Å². The fourth-order valence-corrected chi connectivity index (χ4v) is 4.17. The molecule has 0 bridgehead atoms. The molecule has 5 heteroatoms. The summed E-state index contributed by atoms with van der Waals surface area (Å²) in [4.78, 5) is 17.7. The third-order valence-electron chi connectivity index (χ3n) is 3.39. The molecule has 0 aliphatic heterocycles. The number of hydrogen-bond donors (Lipinski definition) is 0. The Balaban J connectivity index is 2.10. The highest BCUT2D eigenvalue weighted by atomic mass is 79.9. The first-order chi connectivity index (χ1) is 9.35. The average molecular weight is 371 g/mol. The molecule has 0 unspecified atom stereocenters. The van der Waals surface area contributed by atoms with Crippen molar-refractivity contribution in [3.8, 4) is 10.6 Å². The third-order valence-corrected chi connectivity index (χ3v) is 5.39. The summed E-state index contributed by atoms with van der Waals surface area (Å²) < 4.78 is 0.955. The van der Waals surface area contributed by atoms with E-state index in [1.165, 1.54) is 11.3 Å². The number of benzene rings is 1. The average Bonchev–Trinajstić information content (AvgIpc) is 2.74. The first kappa shape index (κ1) is 14.2. The van der Waals surface area contributed by atoms with Crippen molar-refractivity contribution in [1.29, 1.82) is 0 Å². The number of rotatable bonds is 1. The van der Waals surface area contributed by atoms with Gasteiger partial charge in [-0.1, -0.05) is 41.4 Å². The maximum atomic E-state index is 12.2. The van der Waals surface area contributed by atoms with Crippen LogP contribution >= 0.6 is 38.9 Å². The standard InChI is InChI=1S/C15H13BrClNOS/c1-15(2)6-11-13(12(19)7-15)20-14(18-11)9-5-8(16)3-4-10(9)17/h3-5H,6-7H2,1-2H3. The predicted molar refractivity (Wildman–Crippen MR) is 86.7 cm³/mol. The SMILES string of the molecule is CC1(C)CC(=O)c2sc(-c3cc(Br)ccc3Cl)nc2C1. The number of carbonyl (C=O) groups is 1. The van der Waals surface area contributed by atoms with Crippen molar-refractivity contribution in [3.63, 3.8) is 0 Å². The van der Waals surface area contributed by atoms with E-state index in [4.69, 9.17) is 11.6 Å². The lowest BCUT2D eigenvalue weighted by Crippen LogP contribution is -2.25. The second-order valence-electron chi connectivity index (χ2n) is 5.86. The zero-order valence-electron chi connectivity index (χ0n) is 11.2. The second-order valence-corrected chi connectivity index (χ2v) is 8.18. The van der Waals surface area contributed by atoms with Crippen molar-refractivity contribution < 1.29 is 4.79 Å². The first-order valence-corrected chi connectivity index (χ1v) is 8.33. The van der Waals surface area contributed by atoms with Crippen LogP contribution in [0.25, 0.3) is 10.6 Å². The summed E-state index contributed by atoms with van der Waals surface area (Å²) in [5, 5.41) is 1.48. The quantitative estimate of drug-likeness (QED) is 0.674. The summed E-state index contributed by atoms with van der Waals surface area (Å²) in [7, 11) is 0. The van der Waals surface area contributed by atoms with Crippen LogP contribution in [-0.2, 0) is 6.42 Å². The maximum absolute atomic E-state index is 12.2. The van der Waals surface area contributed by atoms with Crippen molar-refractivity contribution >= 4 is 44.7 Å². The molecule has 2 aromatic rings. The molecule has 0 amide bonds. The van der Waals surface area contributed by atoms with Crippen LogP contribution in [0.4, 0.5) is 0 Å². The molecular formula is C15H13BrClNOS. The molecule has 20 heavy (non-hydrogen) atoms. The third kappa shape index (κ3) is 2.57. The smallest absolute Gasteiger partial charge is 0.175 e. The minimum Gasteiger partial charge on any atom is -0.293 e. The van der Waals surface area contributed by atoms with Crippen molar-refractivity contribution in [2.45, 2.75) is 26.7 Å². The van der Waals surface area contributed by atoms with Crippen molar-refractivity contribution in [1.82, 2.24) is 4.98 Å². The summed E-state index contributed by atoms with van der Waals surface area (Å²) in [6.07, 6.45) is 1.43. The molecule has 1 aliphatic rings. The molecule has 1 aromatic carbocycles. The Kier molecular flexibility index (Phi) is 3.51. The molecule has 0 saturated carbocycles. The van der Waals surface area contributed by atoms with E-state index < -0.39 is 0 Å². The number of nitrogens with zero attached hydrogens (tertiary/aromatic N) is 1. The summed E-state index contributed by atoms with van der Waals surface area (Å²) in [6, 6.07) is 5.68. The van der Waals surface area contributed by atoms with Gasteiger partial charge in [0.2, 0.25) is 0 Å². The van der Waals surface area contributed by atoms with Crippen molar-refractivity contribution in [2.24, 2.45) is 5.41 Å². The van der Waals surface area contributed by atoms with Crippen molar-refractivity contribution in [2.75, 3.05) is 0 Å². The molecule has 0 atom stereocenters. The van der Waals surface area contributed by atoms with E-state index >= 15 is 0 Å². The Morgan fingerprint density at radius 2 is 2.10 bits per heavy atom. The Morgan fingerprint density at radius 3 is 2.85 bits per heavy atom. The van der Waals surface area contributed by atoms with Crippen LogP contribution in [0.5, 0.6) is 0 Å². The number of carbonyl (C=O) groups excluding carboxylic acids is 1. The molecule has 0 spiro atoms. The van der Waals surface area contributed by atoms with Crippen LogP contribution in [0, 0.1) is 5.41 Å². The highest BCUT2D eigenvalue weighted by Gasteiger charge is 2.34. The zero-order valence-corrected chi connectivity index (χ0v) is 14.3. The summed E-state index contributed by atoms with van der Waals surface area (Å²) in [5.41, 5.74) is 1.80. The fraction of sp³-hybridized carbons (Fsp3) is 0.333. The van der Waals surface area contributed by atoms with Crippen LogP contribution in [0.3, 0.4) is 0 Å². The van der Waals surface area contributed by atoms with Crippen molar-refractivity contribution in [3.05, 3.63) is 38.3 Å². The van der Waals surface area contributed by atoms with Crippen LogP contribution in [-0.4, -0.2) is 10.8 Å². The first-order valence-electron chi connectivity index (χ1n) is 6.34. The molecule has 3 rings (SSSR count). The molecule has 1 aromatic heterocycles. The predicted octanol–water partition coefficient (Wildman–Crippen LogP) is 5.38. The van der Waals surface area contributed by atoms with Crippen LogP contribution in [0.2, 0.25) is 5.02 Å². The fourth-order valence-electron chi connectivity index (χ4n) is 2.50. The molecule has 0 radical (unpaired) electrons. The number of halogens is 2. The van der Waals surface area contributed by atoms with Gasteiger partial charge >= 0.3 is 0 Å². The Hall–Kier alpha value is -0.710. The minimum atomic E-state index is -0.00348. The van der Waals surface area contributed by atoms with Gasteiger partial charge in [0.1, 0.15) is 5.01 Å². The molecule has 1 heterocycles. The van der Waals surface area contributed by atoms with Crippen LogP contribution in [0.15, 0.2) is 22.7 Å². The van der Waals surface area contributed by atoms with Crippen LogP contribution < -0.4 is 0 Å². The molecule has 0 fully saturated rings. The zero-order chi connectivity index (χ0) is 14.5. The summed E-state index contributed by atoms with van der Waals surface area (Å²) in [5.74, 6) is 0.200. The van der Waals surface area contributed by atoms with Gasteiger partial charge in [-0.15, -0.1) is 11.3 Å². The Morgan fingerprint density at radius 1 is 1.35 bits per heavy atom. The van der Waals surface area contributed by atoms with E-state index in [0.717, 1.165) is 32.0 Å². The molecule has 0 N–H and O–H groups in total. The molecule has 104 valence electrons. The Labute approximate surface area is 135 Å². The number of hydrogen-bond acceptors (Lipinski definition) is 3. The highest BCUT2D eigenvalue weighted by molar-refractivity contribution is 9.10. The van der Waals surface area contributed by atoms with Gasteiger partial charge in [-0.25, -0.2) is 4.98 Å².